The number of nitrogens with zero attached hydrogens (tertiary/aromatic N) is 2. The fourth-order valence-electron chi connectivity index (χ4n) is 2.52. The lowest BCUT2D eigenvalue weighted by atomic mass is 9.99. The average molecular weight is 299 g/mol. The lowest BCUT2D eigenvalue weighted by molar-refractivity contribution is -0.145. The van der Waals surface area contributed by atoms with E-state index in [1.807, 2.05) is 13.8 Å². The summed E-state index contributed by atoms with van der Waals surface area (Å²) in [6.45, 7) is 10.7. The lowest BCUT2D eigenvalue weighted by Crippen LogP contribution is -2.40. The van der Waals surface area contributed by atoms with Crippen LogP contribution in [0.3, 0.4) is 0 Å². The minimum absolute atomic E-state index is 0.0673. The minimum Gasteiger partial charge on any atom is -0.469 e. The van der Waals surface area contributed by atoms with Gasteiger partial charge in [0.15, 0.2) is 5.96 Å². The molecule has 0 amide bonds. The molecule has 0 saturated carbocycles. The zero-order valence-electron chi connectivity index (χ0n) is 13.7. The van der Waals surface area contributed by atoms with Crippen molar-refractivity contribution in [2.45, 2.75) is 27.2 Å². The third-order valence-electron chi connectivity index (χ3n) is 3.66. The molecule has 1 rings (SSSR count). The van der Waals surface area contributed by atoms with Crippen molar-refractivity contribution in [3.05, 3.63) is 0 Å². The van der Waals surface area contributed by atoms with Gasteiger partial charge >= 0.3 is 5.97 Å². The quantitative estimate of drug-likeness (QED) is 0.330. The molecule has 0 radical (unpaired) electrons. The summed E-state index contributed by atoms with van der Waals surface area (Å²) in [6, 6.07) is 0. The van der Waals surface area contributed by atoms with E-state index in [4.69, 9.17) is 9.47 Å². The fraction of sp³-hybridized carbons (Fsp3) is 0.867. The molecule has 2 atom stereocenters. The van der Waals surface area contributed by atoms with E-state index >= 15 is 0 Å². The van der Waals surface area contributed by atoms with Gasteiger partial charge in [-0.05, 0) is 26.2 Å². The Hall–Kier alpha value is -1.30. The van der Waals surface area contributed by atoms with E-state index in [0.29, 0.717) is 6.54 Å². The number of aliphatic imine (C=N–C) groups is 1. The van der Waals surface area contributed by atoms with Crippen LogP contribution in [0.15, 0.2) is 4.99 Å². The Morgan fingerprint density at radius 1 is 1.38 bits per heavy atom. The first-order valence-corrected chi connectivity index (χ1v) is 7.82. The maximum atomic E-state index is 11.8. The Balaban J connectivity index is 2.56. The van der Waals surface area contributed by atoms with Crippen molar-refractivity contribution in [2.75, 3.05) is 46.5 Å². The van der Waals surface area contributed by atoms with Gasteiger partial charge in [0.2, 0.25) is 0 Å². The molecule has 0 aromatic heterocycles. The van der Waals surface area contributed by atoms with Gasteiger partial charge in [-0.1, -0.05) is 6.92 Å². The van der Waals surface area contributed by atoms with Crippen LogP contribution in [-0.4, -0.2) is 63.3 Å². The summed E-state index contributed by atoms with van der Waals surface area (Å²) in [5.41, 5.74) is 0. The third kappa shape index (κ3) is 5.53. The van der Waals surface area contributed by atoms with E-state index in [9.17, 15) is 4.79 Å². The van der Waals surface area contributed by atoms with Gasteiger partial charge in [0.25, 0.3) is 0 Å². The van der Waals surface area contributed by atoms with Crippen molar-refractivity contribution in [3.63, 3.8) is 0 Å². The first kappa shape index (κ1) is 17.8. The molecular formula is C15H29N3O3. The van der Waals surface area contributed by atoms with E-state index in [1.54, 1.807) is 0 Å². The molecule has 0 aromatic rings. The smallest absolute Gasteiger partial charge is 0.310 e. The summed E-state index contributed by atoms with van der Waals surface area (Å²) in [4.78, 5) is 18.5. The maximum absolute atomic E-state index is 11.8. The van der Waals surface area contributed by atoms with Gasteiger partial charge in [0, 0.05) is 39.4 Å². The van der Waals surface area contributed by atoms with Gasteiger partial charge < -0.3 is 19.7 Å². The zero-order valence-corrected chi connectivity index (χ0v) is 13.7. The van der Waals surface area contributed by atoms with Crippen molar-refractivity contribution in [2.24, 2.45) is 16.8 Å². The molecule has 1 aliphatic heterocycles. The lowest BCUT2D eigenvalue weighted by Gasteiger charge is -2.21. The maximum Gasteiger partial charge on any atom is 0.310 e. The third-order valence-corrected chi connectivity index (χ3v) is 3.66. The predicted molar refractivity (Wildman–Crippen MR) is 83.3 cm³/mol. The van der Waals surface area contributed by atoms with Gasteiger partial charge in [-0.15, -0.1) is 0 Å². The Morgan fingerprint density at radius 3 is 2.76 bits per heavy atom. The van der Waals surface area contributed by atoms with Crippen molar-refractivity contribution in [3.8, 4) is 0 Å². The van der Waals surface area contributed by atoms with E-state index in [2.05, 4.69) is 22.1 Å². The fourth-order valence-corrected chi connectivity index (χ4v) is 2.52. The second-order valence-corrected chi connectivity index (χ2v) is 5.30. The number of carbonyl (C=O) groups excluding carboxylic acids is 1. The highest BCUT2D eigenvalue weighted by Gasteiger charge is 2.36. The standard InChI is InChI=1S/C15H29N3O3/c1-5-16-15(17-8-7-9-21-6-2)18-10-12(3)13(11-18)14(19)20-4/h12-13H,5-11H2,1-4H3,(H,16,17). The molecule has 0 bridgehead atoms. The number of rotatable bonds is 7. The number of ether oxygens (including phenoxy) is 2. The number of guanidine groups is 1. The van der Waals surface area contributed by atoms with Gasteiger partial charge in [-0.3, -0.25) is 9.79 Å². The van der Waals surface area contributed by atoms with E-state index in [-0.39, 0.29) is 17.8 Å². The van der Waals surface area contributed by atoms with Crippen molar-refractivity contribution >= 4 is 11.9 Å². The van der Waals surface area contributed by atoms with Crippen LogP contribution in [0.5, 0.6) is 0 Å². The second-order valence-electron chi connectivity index (χ2n) is 5.30. The number of carbonyl (C=O) groups is 1. The van der Waals surface area contributed by atoms with Crippen LogP contribution in [-0.2, 0) is 14.3 Å². The molecule has 0 aromatic carbocycles. The first-order chi connectivity index (χ1) is 10.1. The van der Waals surface area contributed by atoms with E-state index in [1.165, 1.54) is 7.11 Å². The number of esters is 1. The largest absolute Gasteiger partial charge is 0.469 e. The zero-order chi connectivity index (χ0) is 15.7. The van der Waals surface area contributed by atoms with Crippen LogP contribution in [0.2, 0.25) is 0 Å². The summed E-state index contributed by atoms with van der Waals surface area (Å²) >= 11 is 0. The first-order valence-electron chi connectivity index (χ1n) is 7.82. The number of nitrogens with one attached hydrogen (secondary N) is 1. The van der Waals surface area contributed by atoms with Gasteiger partial charge in [0.1, 0.15) is 0 Å². The molecule has 2 unspecified atom stereocenters. The number of likely N-dealkylation sites (tertiary alicyclic amines) is 1. The summed E-state index contributed by atoms with van der Waals surface area (Å²) < 4.78 is 10.2. The summed E-state index contributed by atoms with van der Waals surface area (Å²) in [7, 11) is 1.45. The van der Waals surface area contributed by atoms with E-state index in [0.717, 1.165) is 45.2 Å². The molecule has 6 nitrogen and oxygen atoms in total. The molecule has 122 valence electrons. The van der Waals surface area contributed by atoms with Gasteiger partial charge in [-0.25, -0.2) is 0 Å². The number of hydrogen-bond acceptors (Lipinski definition) is 4. The Labute approximate surface area is 127 Å². The molecule has 6 heteroatoms. The van der Waals surface area contributed by atoms with Crippen LogP contribution in [0.25, 0.3) is 0 Å². The van der Waals surface area contributed by atoms with Crippen molar-refractivity contribution in [1.29, 1.82) is 0 Å². The summed E-state index contributed by atoms with van der Waals surface area (Å²) in [5.74, 6) is 0.969. The topological polar surface area (TPSA) is 63.2 Å². The molecule has 0 spiro atoms. The summed E-state index contributed by atoms with van der Waals surface area (Å²) in [6.07, 6.45) is 0.909. The monoisotopic (exact) mass is 299 g/mol. The van der Waals surface area contributed by atoms with Crippen LogP contribution in [0, 0.1) is 11.8 Å². The molecule has 1 saturated heterocycles. The molecule has 1 N–H and O–H groups in total. The van der Waals surface area contributed by atoms with Gasteiger partial charge in [0.05, 0.1) is 13.0 Å². The van der Waals surface area contributed by atoms with E-state index < -0.39 is 0 Å². The van der Waals surface area contributed by atoms with Crippen LogP contribution in [0.1, 0.15) is 27.2 Å². The molecular weight excluding hydrogens is 270 g/mol. The van der Waals surface area contributed by atoms with Gasteiger partial charge in [-0.2, -0.15) is 0 Å². The Morgan fingerprint density at radius 2 is 2.14 bits per heavy atom. The number of hydrogen-bond donors (Lipinski definition) is 1. The minimum atomic E-state index is -0.128. The highest BCUT2D eigenvalue weighted by Crippen LogP contribution is 2.24. The van der Waals surface area contributed by atoms with Crippen LogP contribution in [0.4, 0.5) is 0 Å². The van der Waals surface area contributed by atoms with Crippen LogP contribution < -0.4 is 5.32 Å². The highest BCUT2D eigenvalue weighted by molar-refractivity contribution is 5.82. The average Bonchev–Trinajstić information content (AvgIpc) is 2.87. The second kappa shape index (κ2) is 9.60. The molecule has 1 fully saturated rings. The molecule has 1 aliphatic rings. The Bertz CT molecular complexity index is 347. The number of methoxy groups -OCH3 is 1. The van der Waals surface area contributed by atoms with Crippen molar-refractivity contribution < 1.29 is 14.3 Å². The highest BCUT2D eigenvalue weighted by atomic mass is 16.5. The Kier molecular flexibility index (Phi) is 8.12. The molecule has 0 aliphatic carbocycles. The molecule has 21 heavy (non-hydrogen) atoms. The predicted octanol–water partition coefficient (Wildman–Crippen LogP) is 1.12. The molecule has 1 heterocycles. The SMILES string of the molecule is CCNC(=NCCCOCC)N1CC(C)C(C(=O)OC)C1. The normalized spacial score (nSPS) is 22.5. The van der Waals surface area contributed by atoms with Crippen molar-refractivity contribution in [1.82, 2.24) is 10.2 Å². The summed E-state index contributed by atoms with van der Waals surface area (Å²) in [5, 5.41) is 3.30. The van der Waals surface area contributed by atoms with Crippen LogP contribution >= 0.6 is 0 Å².